The Bertz CT molecular complexity index is 151. The summed E-state index contributed by atoms with van der Waals surface area (Å²) in [5.74, 6) is 0. The number of hydrogen-bond acceptors (Lipinski definition) is 3. The fraction of sp³-hybridized carbons (Fsp3) is 1.00. The van der Waals surface area contributed by atoms with Gasteiger partial charge in [-0.05, 0) is 6.42 Å². The Morgan fingerprint density at radius 1 is 0.933 bits per heavy atom. The van der Waals surface area contributed by atoms with Gasteiger partial charge in [-0.2, -0.15) is 4.21 Å². The Hall–Kier alpha value is 0.0700. The summed E-state index contributed by atoms with van der Waals surface area (Å²) >= 11 is -1.54. The molecule has 0 saturated heterocycles. The lowest BCUT2D eigenvalue weighted by Gasteiger charge is -2.01. The maximum Gasteiger partial charge on any atom is 0.304 e. The van der Waals surface area contributed by atoms with Crippen molar-refractivity contribution in [2.75, 3.05) is 13.7 Å². The second kappa shape index (κ2) is 12.1. The van der Waals surface area contributed by atoms with E-state index in [1.54, 1.807) is 0 Å². The Balaban J connectivity index is 2.95. The highest BCUT2D eigenvalue weighted by atomic mass is 32.2. The number of rotatable bonds is 11. The lowest BCUT2D eigenvalue weighted by atomic mass is 10.1. The van der Waals surface area contributed by atoms with Gasteiger partial charge in [0.05, 0.1) is 13.7 Å². The summed E-state index contributed by atoms with van der Waals surface area (Å²) in [6, 6.07) is 0. The molecule has 0 amide bonds. The van der Waals surface area contributed by atoms with Gasteiger partial charge in [-0.15, -0.1) is 0 Å². The average Bonchev–Trinajstić information content (AvgIpc) is 2.26. The molecule has 0 aliphatic carbocycles. The van der Waals surface area contributed by atoms with Crippen molar-refractivity contribution >= 4 is 11.4 Å². The predicted octanol–water partition coefficient (Wildman–Crippen LogP) is 3.37. The third-order valence-corrected chi connectivity index (χ3v) is 2.94. The third-order valence-electron chi connectivity index (χ3n) is 2.31. The fourth-order valence-electron chi connectivity index (χ4n) is 1.41. The van der Waals surface area contributed by atoms with Gasteiger partial charge >= 0.3 is 11.4 Å². The maximum absolute atomic E-state index is 10.7. The third kappa shape index (κ3) is 12.0. The van der Waals surface area contributed by atoms with Crippen molar-refractivity contribution in [2.24, 2.45) is 0 Å². The van der Waals surface area contributed by atoms with Crippen LogP contribution >= 0.6 is 0 Å². The molecule has 0 radical (unpaired) electrons. The second-order valence-electron chi connectivity index (χ2n) is 3.67. The molecule has 0 aromatic carbocycles. The molecule has 0 spiro atoms. The lowest BCUT2D eigenvalue weighted by Crippen LogP contribution is -2.00. The van der Waals surface area contributed by atoms with Gasteiger partial charge in [-0.25, -0.2) is 0 Å². The van der Waals surface area contributed by atoms with Gasteiger partial charge in [0.15, 0.2) is 0 Å². The first-order valence-electron chi connectivity index (χ1n) is 5.90. The van der Waals surface area contributed by atoms with Crippen LogP contribution in [0.25, 0.3) is 0 Å². The topological polar surface area (TPSA) is 35.5 Å². The maximum atomic E-state index is 10.7. The van der Waals surface area contributed by atoms with Crippen LogP contribution in [0.3, 0.4) is 0 Å². The van der Waals surface area contributed by atoms with Crippen LogP contribution in [0.5, 0.6) is 0 Å². The molecule has 4 heteroatoms. The molecule has 0 aliphatic heterocycles. The van der Waals surface area contributed by atoms with Crippen LogP contribution in [0.15, 0.2) is 0 Å². The molecular formula is C11H24O3S. The SMILES string of the molecule is CCCCCCCCCCOS(=O)OC. The minimum absolute atomic E-state index is 0.537. The van der Waals surface area contributed by atoms with E-state index in [4.69, 9.17) is 4.18 Å². The van der Waals surface area contributed by atoms with Crippen LogP contribution in [0.4, 0.5) is 0 Å². The van der Waals surface area contributed by atoms with Gasteiger partial charge in [0, 0.05) is 0 Å². The van der Waals surface area contributed by atoms with E-state index in [-0.39, 0.29) is 0 Å². The molecule has 1 atom stereocenters. The van der Waals surface area contributed by atoms with E-state index in [0.717, 1.165) is 12.8 Å². The average molecular weight is 236 g/mol. The summed E-state index contributed by atoms with van der Waals surface area (Å²) in [4.78, 5) is 0. The molecule has 1 unspecified atom stereocenters. The van der Waals surface area contributed by atoms with E-state index in [0.29, 0.717) is 6.61 Å². The normalized spacial score (nSPS) is 12.9. The van der Waals surface area contributed by atoms with Crippen LogP contribution < -0.4 is 0 Å². The standard InChI is InChI=1S/C11H24O3S/c1-3-4-5-6-7-8-9-10-11-14-15(12)13-2/h3-11H2,1-2H3. The van der Waals surface area contributed by atoms with E-state index >= 15 is 0 Å². The van der Waals surface area contributed by atoms with Gasteiger partial charge in [0.1, 0.15) is 0 Å². The van der Waals surface area contributed by atoms with E-state index in [2.05, 4.69) is 11.1 Å². The Morgan fingerprint density at radius 2 is 1.47 bits per heavy atom. The number of unbranched alkanes of at least 4 members (excludes halogenated alkanes) is 7. The molecule has 3 nitrogen and oxygen atoms in total. The molecule has 15 heavy (non-hydrogen) atoms. The zero-order valence-corrected chi connectivity index (χ0v) is 10.8. The minimum atomic E-state index is -1.54. The van der Waals surface area contributed by atoms with Gasteiger partial charge < -0.3 is 0 Å². The van der Waals surface area contributed by atoms with Crippen molar-refractivity contribution in [2.45, 2.75) is 58.3 Å². The lowest BCUT2D eigenvalue weighted by molar-refractivity contribution is 0.274. The smallest absolute Gasteiger partial charge is 0.272 e. The van der Waals surface area contributed by atoms with Gasteiger partial charge in [0.2, 0.25) is 0 Å². The van der Waals surface area contributed by atoms with Crippen LogP contribution in [0.2, 0.25) is 0 Å². The van der Waals surface area contributed by atoms with Crippen molar-refractivity contribution in [3.05, 3.63) is 0 Å². The summed E-state index contributed by atoms with van der Waals surface area (Å²) in [6.45, 7) is 2.77. The van der Waals surface area contributed by atoms with Crippen LogP contribution in [-0.2, 0) is 19.7 Å². The molecule has 92 valence electrons. The molecule has 0 heterocycles. The first-order valence-corrected chi connectivity index (χ1v) is 6.90. The van der Waals surface area contributed by atoms with Crippen molar-refractivity contribution in [1.82, 2.24) is 0 Å². The molecule has 0 saturated carbocycles. The molecule has 0 aromatic heterocycles. The largest absolute Gasteiger partial charge is 0.304 e. The molecule has 0 fully saturated rings. The summed E-state index contributed by atoms with van der Waals surface area (Å²) in [7, 11) is 1.38. The summed E-state index contributed by atoms with van der Waals surface area (Å²) in [6.07, 6.45) is 10.1. The Morgan fingerprint density at radius 3 is 2.00 bits per heavy atom. The highest BCUT2D eigenvalue weighted by molar-refractivity contribution is 7.75. The first-order chi connectivity index (χ1) is 7.31. The molecule has 0 aromatic rings. The molecule has 0 N–H and O–H groups in total. The van der Waals surface area contributed by atoms with E-state index < -0.39 is 11.4 Å². The molecule has 0 bridgehead atoms. The summed E-state index contributed by atoms with van der Waals surface area (Å²) < 4.78 is 20.0. The molecule has 0 aliphatic rings. The zero-order chi connectivity index (χ0) is 11.4. The quantitative estimate of drug-likeness (QED) is 0.516. The first kappa shape index (κ1) is 15.1. The highest BCUT2D eigenvalue weighted by Crippen LogP contribution is 2.08. The van der Waals surface area contributed by atoms with Crippen molar-refractivity contribution in [1.29, 1.82) is 0 Å². The van der Waals surface area contributed by atoms with Crippen LogP contribution in [0, 0.1) is 0 Å². The highest BCUT2D eigenvalue weighted by Gasteiger charge is 1.96. The molecular weight excluding hydrogens is 212 g/mol. The minimum Gasteiger partial charge on any atom is -0.272 e. The second-order valence-corrected chi connectivity index (χ2v) is 4.64. The van der Waals surface area contributed by atoms with Crippen molar-refractivity contribution in [3.8, 4) is 0 Å². The fourth-order valence-corrected chi connectivity index (χ4v) is 1.76. The Labute approximate surface area is 96.4 Å². The predicted molar refractivity (Wildman–Crippen MR) is 63.7 cm³/mol. The summed E-state index contributed by atoms with van der Waals surface area (Å²) in [5, 5.41) is 0. The van der Waals surface area contributed by atoms with Gasteiger partial charge in [0.25, 0.3) is 0 Å². The number of hydrogen-bond donors (Lipinski definition) is 0. The van der Waals surface area contributed by atoms with E-state index in [1.165, 1.54) is 45.6 Å². The van der Waals surface area contributed by atoms with Gasteiger partial charge in [-0.1, -0.05) is 51.9 Å². The monoisotopic (exact) mass is 236 g/mol. The summed E-state index contributed by atoms with van der Waals surface area (Å²) in [5.41, 5.74) is 0. The van der Waals surface area contributed by atoms with E-state index in [9.17, 15) is 4.21 Å². The Kier molecular flexibility index (Phi) is 12.2. The molecule has 0 rings (SSSR count). The van der Waals surface area contributed by atoms with E-state index in [1.807, 2.05) is 0 Å². The van der Waals surface area contributed by atoms with Crippen molar-refractivity contribution < 1.29 is 12.6 Å². The van der Waals surface area contributed by atoms with Crippen LogP contribution in [0.1, 0.15) is 58.3 Å². The zero-order valence-electron chi connectivity index (χ0n) is 10.00. The van der Waals surface area contributed by atoms with Gasteiger partial charge in [-0.3, -0.25) is 8.37 Å². The van der Waals surface area contributed by atoms with Crippen molar-refractivity contribution in [3.63, 3.8) is 0 Å². The van der Waals surface area contributed by atoms with Crippen LogP contribution in [-0.4, -0.2) is 17.9 Å².